The Bertz CT molecular complexity index is 376. The summed E-state index contributed by atoms with van der Waals surface area (Å²) in [6, 6.07) is 1.28. The molecule has 0 amide bonds. The average Bonchev–Trinajstić information content (AvgIpc) is 2.15. The molecule has 1 N–H and O–H groups in total. The predicted octanol–water partition coefficient (Wildman–Crippen LogP) is 1.73. The number of halogens is 1. The highest BCUT2D eigenvalue weighted by Gasteiger charge is 2.12. The van der Waals surface area contributed by atoms with Gasteiger partial charge >= 0.3 is 0 Å². The Balaban J connectivity index is 2.88. The zero-order valence-corrected chi connectivity index (χ0v) is 8.21. The number of aliphatic hydroxyl groups is 1. The Morgan fingerprint density at radius 2 is 2.29 bits per heavy atom. The maximum absolute atomic E-state index is 12.7. The van der Waals surface area contributed by atoms with Gasteiger partial charge in [0, 0.05) is 11.8 Å². The first-order valence-electron chi connectivity index (χ1n) is 4.39. The fraction of sp³-hybridized carbons (Fsp3) is 0.364. The number of nitrogens with zero attached hydrogens (tertiary/aromatic N) is 1. The van der Waals surface area contributed by atoms with Crippen LogP contribution in [0.25, 0.3) is 0 Å². The Labute approximate surface area is 82.8 Å². The molecule has 0 aliphatic heterocycles. The molecule has 0 aliphatic carbocycles. The fourth-order valence-electron chi connectivity index (χ4n) is 0.775. The predicted molar refractivity (Wildman–Crippen MR) is 52.0 cm³/mol. The first-order chi connectivity index (χ1) is 6.53. The molecular weight excluding hydrogens is 181 g/mol. The summed E-state index contributed by atoms with van der Waals surface area (Å²) in [5.74, 6) is 4.90. The van der Waals surface area contributed by atoms with Gasteiger partial charge in [0.25, 0.3) is 0 Å². The van der Waals surface area contributed by atoms with Gasteiger partial charge in [0.15, 0.2) is 0 Å². The highest BCUT2D eigenvalue weighted by atomic mass is 19.1. The van der Waals surface area contributed by atoms with E-state index in [0.29, 0.717) is 12.0 Å². The lowest BCUT2D eigenvalue weighted by Gasteiger charge is -2.11. The first-order valence-corrected chi connectivity index (χ1v) is 4.39. The summed E-state index contributed by atoms with van der Waals surface area (Å²) in [5, 5.41) is 9.57. The van der Waals surface area contributed by atoms with Crippen molar-refractivity contribution in [3.63, 3.8) is 0 Å². The first kappa shape index (κ1) is 10.7. The Hall–Kier alpha value is -1.40. The maximum Gasteiger partial charge on any atom is 0.142 e. The minimum absolute atomic E-state index is 0.423. The molecule has 1 rings (SSSR count). The molecule has 0 saturated carbocycles. The molecule has 14 heavy (non-hydrogen) atoms. The largest absolute Gasteiger partial charge is 0.378 e. The highest BCUT2D eigenvalue weighted by Crippen LogP contribution is 2.06. The van der Waals surface area contributed by atoms with Crippen LogP contribution in [0.4, 0.5) is 4.39 Å². The van der Waals surface area contributed by atoms with E-state index < -0.39 is 11.4 Å². The van der Waals surface area contributed by atoms with Crippen LogP contribution in [-0.4, -0.2) is 15.7 Å². The van der Waals surface area contributed by atoms with E-state index in [-0.39, 0.29) is 0 Å². The van der Waals surface area contributed by atoms with Crippen LogP contribution < -0.4 is 0 Å². The van der Waals surface area contributed by atoms with E-state index in [4.69, 9.17) is 0 Å². The van der Waals surface area contributed by atoms with Gasteiger partial charge in [-0.1, -0.05) is 18.8 Å². The fourth-order valence-corrected chi connectivity index (χ4v) is 0.775. The van der Waals surface area contributed by atoms with Gasteiger partial charge in [-0.3, -0.25) is 4.98 Å². The van der Waals surface area contributed by atoms with Crippen LogP contribution in [0.1, 0.15) is 25.8 Å². The van der Waals surface area contributed by atoms with Gasteiger partial charge in [0.05, 0.1) is 6.20 Å². The van der Waals surface area contributed by atoms with E-state index >= 15 is 0 Å². The third-order valence-corrected chi connectivity index (χ3v) is 1.87. The van der Waals surface area contributed by atoms with E-state index in [1.54, 1.807) is 6.92 Å². The molecule has 1 aromatic rings. The minimum Gasteiger partial charge on any atom is -0.378 e. The SMILES string of the molecule is CCC(C)(O)C#Cc1cncc(F)c1. The molecule has 0 bridgehead atoms. The molecule has 0 spiro atoms. The van der Waals surface area contributed by atoms with Gasteiger partial charge in [-0.2, -0.15) is 0 Å². The van der Waals surface area contributed by atoms with Crippen molar-refractivity contribution in [3.8, 4) is 11.8 Å². The van der Waals surface area contributed by atoms with Crippen molar-refractivity contribution >= 4 is 0 Å². The molecule has 1 aromatic heterocycles. The van der Waals surface area contributed by atoms with Crippen molar-refractivity contribution < 1.29 is 9.50 Å². The zero-order chi connectivity index (χ0) is 10.6. The van der Waals surface area contributed by atoms with E-state index in [1.807, 2.05) is 6.92 Å². The lowest BCUT2D eigenvalue weighted by atomic mass is 10.0. The van der Waals surface area contributed by atoms with E-state index in [1.165, 1.54) is 12.3 Å². The highest BCUT2D eigenvalue weighted by molar-refractivity contribution is 5.33. The molecule has 1 heterocycles. The summed E-state index contributed by atoms with van der Waals surface area (Å²) < 4.78 is 12.7. The van der Waals surface area contributed by atoms with Gasteiger partial charge in [-0.25, -0.2) is 4.39 Å². The smallest absolute Gasteiger partial charge is 0.142 e. The van der Waals surface area contributed by atoms with Crippen molar-refractivity contribution in [2.45, 2.75) is 25.9 Å². The van der Waals surface area contributed by atoms with Crippen LogP contribution in [-0.2, 0) is 0 Å². The molecule has 0 saturated heterocycles. The second-order valence-corrected chi connectivity index (χ2v) is 3.27. The topological polar surface area (TPSA) is 33.1 Å². The van der Waals surface area contributed by atoms with Gasteiger partial charge in [-0.15, -0.1) is 0 Å². The van der Waals surface area contributed by atoms with Crippen molar-refractivity contribution in [3.05, 3.63) is 29.8 Å². The number of pyridine rings is 1. The molecule has 1 atom stereocenters. The van der Waals surface area contributed by atoms with Crippen LogP contribution in [0, 0.1) is 17.7 Å². The van der Waals surface area contributed by atoms with E-state index in [2.05, 4.69) is 16.8 Å². The standard InChI is InChI=1S/C11H12FNO/c1-3-11(2,14)5-4-9-6-10(12)8-13-7-9/h6-8,14H,3H2,1-2H3. The van der Waals surface area contributed by atoms with Crippen molar-refractivity contribution in [1.82, 2.24) is 4.98 Å². The van der Waals surface area contributed by atoms with E-state index in [9.17, 15) is 9.50 Å². The summed E-state index contributed by atoms with van der Waals surface area (Å²) in [4.78, 5) is 3.65. The summed E-state index contributed by atoms with van der Waals surface area (Å²) in [6.07, 6.45) is 3.10. The monoisotopic (exact) mass is 193 g/mol. The van der Waals surface area contributed by atoms with Crippen LogP contribution in [0.2, 0.25) is 0 Å². The van der Waals surface area contributed by atoms with Crippen molar-refractivity contribution in [2.24, 2.45) is 0 Å². The average molecular weight is 193 g/mol. The summed E-state index contributed by atoms with van der Waals surface area (Å²) >= 11 is 0. The van der Waals surface area contributed by atoms with Crippen molar-refractivity contribution in [2.75, 3.05) is 0 Å². The lowest BCUT2D eigenvalue weighted by Crippen LogP contribution is -2.19. The van der Waals surface area contributed by atoms with Crippen LogP contribution in [0.5, 0.6) is 0 Å². The molecule has 0 radical (unpaired) electrons. The molecule has 74 valence electrons. The molecule has 2 nitrogen and oxygen atoms in total. The van der Waals surface area contributed by atoms with E-state index in [0.717, 1.165) is 6.20 Å². The molecule has 3 heteroatoms. The third-order valence-electron chi connectivity index (χ3n) is 1.87. The lowest BCUT2D eigenvalue weighted by molar-refractivity contribution is 0.118. The zero-order valence-electron chi connectivity index (χ0n) is 8.21. The summed E-state index contributed by atoms with van der Waals surface area (Å²) in [5.41, 5.74) is -0.550. The summed E-state index contributed by atoms with van der Waals surface area (Å²) in [6.45, 7) is 3.45. The van der Waals surface area contributed by atoms with Crippen molar-refractivity contribution in [1.29, 1.82) is 0 Å². The molecule has 1 unspecified atom stereocenters. The Morgan fingerprint density at radius 1 is 1.57 bits per heavy atom. The van der Waals surface area contributed by atoms with Crippen LogP contribution >= 0.6 is 0 Å². The van der Waals surface area contributed by atoms with Gasteiger partial charge in [0.2, 0.25) is 0 Å². The normalized spacial score (nSPS) is 14.0. The summed E-state index contributed by atoms with van der Waals surface area (Å²) in [7, 11) is 0. The quantitative estimate of drug-likeness (QED) is 0.689. The maximum atomic E-state index is 12.7. The number of aromatic nitrogens is 1. The van der Waals surface area contributed by atoms with Crippen LogP contribution in [0.3, 0.4) is 0 Å². The Morgan fingerprint density at radius 3 is 2.86 bits per heavy atom. The minimum atomic E-state index is -1.02. The van der Waals surface area contributed by atoms with Gasteiger partial charge in [-0.05, 0) is 19.4 Å². The molecule has 0 fully saturated rings. The molecule has 0 aromatic carbocycles. The number of rotatable bonds is 1. The molecule has 0 aliphatic rings. The number of hydrogen-bond donors (Lipinski definition) is 1. The van der Waals surface area contributed by atoms with Crippen LogP contribution in [0.15, 0.2) is 18.5 Å². The third kappa shape index (κ3) is 3.15. The van der Waals surface area contributed by atoms with Gasteiger partial charge < -0.3 is 5.11 Å². The second kappa shape index (κ2) is 4.21. The molecular formula is C11H12FNO. The number of hydrogen-bond acceptors (Lipinski definition) is 2. The Kier molecular flexibility index (Phi) is 3.21. The van der Waals surface area contributed by atoms with Gasteiger partial charge in [0.1, 0.15) is 11.4 Å². The second-order valence-electron chi connectivity index (χ2n) is 3.27.